The van der Waals surface area contributed by atoms with E-state index in [4.69, 9.17) is 0 Å². The lowest BCUT2D eigenvalue weighted by molar-refractivity contribution is 0.411. The Morgan fingerprint density at radius 2 is 1.92 bits per heavy atom. The highest BCUT2D eigenvalue weighted by Crippen LogP contribution is 2.32. The van der Waals surface area contributed by atoms with E-state index >= 15 is 0 Å². The Labute approximate surface area is 158 Å². The molecule has 3 rings (SSSR count). The van der Waals surface area contributed by atoms with E-state index in [1.165, 1.54) is 40.2 Å². The van der Waals surface area contributed by atoms with Crippen molar-refractivity contribution in [2.24, 2.45) is 5.41 Å². The van der Waals surface area contributed by atoms with Gasteiger partial charge in [0.15, 0.2) is 0 Å². The number of allylic oxidation sites excluding steroid dienone is 1. The number of fused-ring (bicyclic) bond motifs is 1. The molecule has 0 saturated carbocycles. The summed E-state index contributed by atoms with van der Waals surface area (Å²) in [6.45, 7) is 17.5. The van der Waals surface area contributed by atoms with Crippen LogP contribution in [-0.4, -0.2) is 11.5 Å². The fourth-order valence-electron chi connectivity index (χ4n) is 3.95. The normalized spacial score (nSPS) is 14.7. The van der Waals surface area contributed by atoms with Crippen molar-refractivity contribution in [3.8, 4) is 0 Å². The molecule has 140 valence electrons. The molecule has 1 aromatic heterocycles. The Kier molecular flexibility index (Phi) is 5.17. The van der Waals surface area contributed by atoms with Crippen molar-refractivity contribution in [3.05, 3.63) is 59.1 Å². The second-order valence-electron chi connectivity index (χ2n) is 8.93. The number of nitrogens with one attached hydrogen (secondary N) is 2. The van der Waals surface area contributed by atoms with E-state index in [1.807, 2.05) is 0 Å². The van der Waals surface area contributed by atoms with Gasteiger partial charge in [0.25, 0.3) is 0 Å². The molecule has 3 heteroatoms. The lowest BCUT2D eigenvalue weighted by Gasteiger charge is -2.26. The second kappa shape index (κ2) is 7.22. The van der Waals surface area contributed by atoms with Crippen LogP contribution in [0, 0.1) is 19.3 Å². The highest BCUT2D eigenvalue weighted by molar-refractivity contribution is 5.67. The maximum atomic E-state index is 4.24. The van der Waals surface area contributed by atoms with E-state index in [0.29, 0.717) is 0 Å². The quantitative estimate of drug-likeness (QED) is 0.713. The number of hydrogen-bond donors (Lipinski definition) is 2. The van der Waals surface area contributed by atoms with Gasteiger partial charge in [0.1, 0.15) is 0 Å². The van der Waals surface area contributed by atoms with Crippen LogP contribution in [0.3, 0.4) is 0 Å². The first-order chi connectivity index (χ1) is 12.2. The van der Waals surface area contributed by atoms with Crippen LogP contribution in [0.2, 0.25) is 0 Å². The van der Waals surface area contributed by atoms with Crippen LogP contribution in [-0.2, 0) is 13.0 Å². The highest BCUT2D eigenvalue weighted by atomic mass is 15.1. The molecule has 2 N–H and O–H groups in total. The summed E-state index contributed by atoms with van der Waals surface area (Å²) in [6, 6.07) is 6.86. The van der Waals surface area contributed by atoms with Gasteiger partial charge in [-0.3, -0.25) is 0 Å². The monoisotopic (exact) mass is 351 g/mol. The van der Waals surface area contributed by atoms with Crippen LogP contribution >= 0.6 is 0 Å². The average molecular weight is 352 g/mol. The van der Waals surface area contributed by atoms with Crippen molar-refractivity contribution < 1.29 is 0 Å². The van der Waals surface area contributed by atoms with Crippen molar-refractivity contribution >= 4 is 11.4 Å². The van der Waals surface area contributed by atoms with Crippen LogP contribution in [0.15, 0.2) is 36.7 Å². The smallest absolute Gasteiger partial charge is 0.0447 e. The summed E-state index contributed by atoms with van der Waals surface area (Å²) in [7, 11) is 0. The van der Waals surface area contributed by atoms with Gasteiger partial charge in [-0.25, -0.2) is 0 Å². The zero-order valence-corrected chi connectivity index (χ0v) is 17.0. The third-order valence-electron chi connectivity index (χ3n) is 5.07. The van der Waals surface area contributed by atoms with E-state index in [0.717, 1.165) is 31.6 Å². The molecule has 0 radical (unpaired) electrons. The molecular weight excluding hydrogens is 318 g/mol. The molecule has 1 aliphatic rings. The molecule has 0 spiro atoms. The standard InChI is InChI=1S/C23H33N3/c1-16-12-20(26-11-7-8-21-19(15-26)9-10-24-21)13-17(2)22(16)25-18(3)14-23(4,5)6/h9-10,12-13,24-25H,3,7-8,11,14-15H2,1-2,4-6H3. The zero-order valence-electron chi connectivity index (χ0n) is 17.0. The number of aromatic nitrogens is 1. The Balaban J connectivity index is 1.80. The van der Waals surface area contributed by atoms with Gasteiger partial charge in [-0.2, -0.15) is 0 Å². The molecule has 0 amide bonds. The van der Waals surface area contributed by atoms with Gasteiger partial charge >= 0.3 is 0 Å². The Hall–Kier alpha value is -2.16. The van der Waals surface area contributed by atoms with Gasteiger partial charge in [-0.15, -0.1) is 0 Å². The molecule has 2 aromatic rings. The first kappa shape index (κ1) is 18.6. The Bertz CT molecular complexity index is 769. The molecule has 1 aliphatic heterocycles. The minimum absolute atomic E-state index is 0.242. The number of hydrogen-bond acceptors (Lipinski definition) is 2. The van der Waals surface area contributed by atoms with Gasteiger partial charge in [0.2, 0.25) is 0 Å². The topological polar surface area (TPSA) is 31.1 Å². The van der Waals surface area contributed by atoms with Gasteiger partial charge in [0.05, 0.1) is 0 Å². The maximum absolute atomic E-state index is 4.24. The molecule has 2 heterocycles. The van der Waals surface area contributed by atoms with Crippen molar-refractivity contribution in [2.45, 2.75) is 60.4 Å². The molecule has 3 nitrogen and oxygen atoms in total. The summed E-state index contributed by atoms with van der Waals surface area (Å²) in [5, 5.41) is 3.57. The van der Waals surface area contributed by atoms with Crippen LogP contribution in [0.4, 0.5) is 11.4 Å². The summed E-state index contributed by atoms with van der Waals surface area (Å²) in [6.07, 6.45) is 5.37. The molecule has 0 fully saturated rings. The minimum atomic E-state index is 0.242. The van der Waals surface area contributed by atoms with E-state index in [-0.39, 0.29) is 5.41 Å². The number of H-pyrrole nitrogens is 1. The molecule has 0 bridgehead atoms. The summed E-state index contributed by atoms with van der Waals surface area (Å²) in [5.41, 5.74) is 9.26. The number of aryl methyl sites for hydroxylation is 3. The van der Waals surface area contributed by atoms with Crippen molar-refractivity contribution in [3.63, 3.8) is 0 Å². The molecule has 0 unspecified atom stereocenters. The van der Waals surface area contributed by atoms with Crippen molar-refractivity contribution in [1.29, 1.82) is 0 Å². The molecule has 0 aliphatic carbocycles. The average Bonchev–Trinajstić information content (AvgIpc) is 2.86. The van der Waals surface area contributed by atoms with Gasteiger partial charge in [-0.1, -0.05) is 27.4 Å². The minimum Gasteiger partial charge on any atom is -0.367 e. The van der Waals surface area contributed by atoms with Crippen molar-refractivity contribution in [2.75, 3.05) is 16.8 Å². The number of rotatable bonds is 4. The first-order valence-electron chi connectivity index (χ1n) is 9.69. The van der Waals surface area contributed by atoms with Crippen LogP contribution in [0.5, 0.6) is 0 Å². The molecular formula is C23H33N3. The lowest BCUT2D eigenvalue weighted by atomic mass is 9.90. The first-order valence-corrected chi connectivity index (χ1v) is 9.69. The number of benzene rings is 1. The predicted octanol–water partition coefficient (Wildman–Crippen LogP) is 5.95. The fraction of sp³-hybridized carbons (Fsp3) is 0.478. The van der Waals surface area contributed by atoms with Crippen LogP contribution in [0.25, 0.3) is 0 Å². The number of anilines is 2. The van der Waals surface area contributed by atoms with Gasteiger partial charge in [-0.05, 0) is 73.4 Å². The Morgan fingerprint density at radius 3 is 2.58 bits per heavy atom. The summed E-state index contributed by atoms with van der Waals surface area (Å²) in [4.78, 5) is 5.90. The van der Waals surface area contributed by atoms with E-state index in [2.05, 4.69) is 80.8 Å². The molecule has 0 atom stereocenters. The van der Waals surface area contributed by atoms with Crippen LogP contribution in [0.1, 0.15) is 56.0 Å². The third kappa shape index (κ3) is 4.32. The second-order valence-corrected chi connectivity index (χ2v) is 8.93. The van der Waals surface area contributed by atoms with Crippen molar-refractivity contribution in [1.82, 2.24) is 4.98 Å². The Morgan fingerprint density at radius 1 is 1.23 bits per heavy atom. The largest absolute Gasteiger partial charge is 0.367 e. The SMILES string of the molecule is C=C(CC(C)(C)C)Nc1c(C)cc(N2CCCc3[nH]ccc3C2)cc1C. The highest BCUT2D eigenvalue weighted by Gasteiger charge is 2.18. The summed E-state index contributed by atoms with van der Waals surface area (Å²) >= 11 is 0. The third-order valence-corrected chi connectivity index (χ3v) is 5.07. The van der Waals surface area contributed by atoms with E-state index in [1.54, 1.807) is 0 Å². The van der Waals surface area contributed by atoms with E-state index in [9.17, 15) is 0 Å². The molecule has 1 aromatic carbocycles. The van der Waals surface area contributed by atoms with Gasteiger partial charge in [0, 0.05) is 42.1 Å². The van der Waals surface area contributed by atoms with Crippen LogP contribution < -0.4 is 10.2 Å². The zero-order chi connectivity index (χ0) is 18.9. The number of aromatic amines is 1. The summed E-state index contributed by atoms with van der Waals surface area (Å²) < 4.78 is 0. The van der Waals surface area contributed by atoms with E-state index < -0.39 is 0 Å². The predicted molar refractivity (Wildman–Crippen MR) is 113 cm³/mol. The molecule has 26 heavy (non-hydrogen) atoms. The maximum Gasteiger partial charge on any atom is 0.0447 e. The lowest BCUT2D eigenvalue weighted by Crippen LogP contribution is -2.22. The number of nitrogens with zero attached hydrogens (tertiary/aromatic N) is 1. The summed E-state index contributed by atoms with van der Waals surface area (Å²) in [5.74, 6) is 0. The van der Waals surface area contributed by atoms with Gasteiger partial charge < -0.3 is 15.2 Å². The molecule has 0 saturated heterocycles. The fourth-order valence-corrected chi connectivity index (χ4v) is 3.95.